The Kier molecular flexibility index (Phi) is 4.16. The highest BCUT2D eigenvalue weighted by atomic mass is 16.2. The first-order chi connectivity index (χ1) is 12.3. The number of rotatable bonds is 3. The van der Waals surface area contributed by atoms with Crippen LogP contribution in [-0.4, -0.2) is 51.6 Å². The number of carbonyl (C=O) groups is 1. The molecule has 2 aromatic heterocycles. The fraction of sp³-hybridized carbons (Fsp3) is 0.650. The van der Waals surface area contributed by atoms with Gasteiger partial charge in [0.05, 0.1) is 5.69 Å². The van der Waals surface area contributed by atoms with Crippen LogP contribution in [0.4, 0.5) is 5.82 Å². The number of hydrogen-bond acceptors (Lipinski definition) is 4. The molecular weight excluding hydrogens is 326 g/mol. The van der Waals surface area contributed by atoms with E-state index in [4.69, 9.17) is 5.10 Å². The number of likely N-dealkylation sites (N-methyl/N-ethyl adjacent to an activating group) is 1. The molecule has 1 unspecified atom stereocenters. The molecular formula is C20H29N5O. The van der Waals surface area contributed by atoms with Crippen molar-refractivity contribution in [2.24, 2.45) is 5.41 Å². The van der Waals surface area contributed by atoms with Gasteiger partial charge in [0.25, 0.3) is 0 Å². The minimum Gasteiger partial charge on any atom is -0.353 e. The Balaban J connectivity index is 1.58. The summed E-state index contributed by atoms with van der Waals surface area (Å²) in [5, 5.41) is 4.73. The summed E-state index contributed by atoms with van der Waals surface area (Å²) in [6.45, 7) is 7.76. The third-order valence-electron chi connectivity index (χ3n) is 5.59. The summed E-state index contributed by atoms with van der Waals surface area (Å²) in [6, 6.07) is 2.43. The molecule has 1 saturated heterocycles. The highest BCUT2D eigenvalue weighted by molar-refractivity contribution is 5.81. The summed E-state index contributed by atoms with van der Waals surface area (Å²) in [5.41, 5.74) is 1.92. The molecule has 1 amide bonds. The molecule has 6 nitrogen and oxygen atoms in total. The molecule has 1 aliphatic heterocycles. The molecule has 26 heavy (non-hydrogen) atoms. The van der Waals surface area contributed by atoms with Crippen molar-refractivity contribution in [1.82, 2.24) is 19.5 Å². The van der Waals surface area contributed by atoms with Crippen LogP contribution in [0.5, 0.6) is 0 Å². The Morgan fingerprint density at radius 1 is 1.27 bits per heavy atom. The molecule has 4 rings (SSSR count). The lowest BCUT2D eigenvalue weighted by molar-refractivity contribution is -0.140. The lowest BCUT2D eigenvalue weighted by Gasteiger charge is -2.40. The average molecular weight is 355 g/mol. The maximum Gasteiger partial charge on any atom is 0.227 e. The minimum atomic E-state index is -0.347. The van der Waals surface area contributed by atoms with Crippen molar-refractivity contribution >= 4 is 17.2 Å². The Bertz CT molecular complexity index is 817. The zero-order valence-electron chi connectivity index (χ0n) is 16.3. The Morgan fingerprint density at radius 3 is 2.73 bits per heavy atom. The van der Waals surface area contributed by atoms with Crippen molar-refractivity contribution in [2.45, 2.75) is 58.4 Å². The second-order valence-electron chi connectivity index (χ2n) is 8.83. The van der Waals surface area contributed by atoms with Crippen molar-refractivity contribution in [3.05, 3.63) is 24.2 Å². The van der Waals surface area contributed by atoms with Crippen molar-refractivity contribution < 1.29 is 4.79 Å². The molecule has 0 spiro atoms. The third kappa shape index (κ3) is 3.17. The second-order valence-corrected chi connectivity index (χ2v) is 8.83. The van der Waals surface area contributed by atoms with Gasteiger partial charge in [-0.1, -0.05) is 20.8 Å². The number of amides is 1. The van der Waals surface area contributed by atoms with Gasteiger partial charge in [0.2, 0.25) is 5.91 Å². The largest absolute Gasteiger partial charge is 0.353 e. The summed E-state index contributed by atoms with van der Waals surface area (Å²) in [5.74, 6) is 1.83. The van der Waals surface area contributed by atoms with Gasteiger partial charge in [-0.2, -0.15) is 5.10 Å². The van der Waals surface area contributed by atoms with Crippen molar-refractivity contribution in [2.75, 3.05) is 25.0 Å². The summed E-state index contributed by atoms with van der Waals surface area (Å²) >= 11 is 0. The third-order valence-corrected chi connectivity index (χ3v) is 5.59. The standard InChI is InChI=1S/C20H29N5O/c1-20(2,3)19(26)23(4)15-6-5-10-24(13-15)18-17-12-16(14-7-8-14)22-25(17)11-9-21-18/h9,11-12,14-15H,5-8,10,13H2,1-4H3. The van der Waals surface area contributed by atoms with Crippen molar-refractivity contribution in [3.63, 3.8) is 0 Å². The van der Waals surface area contributed by atoms with Gasteiger partial charge in [-0.3, -0.25) is 4.79 Å². The summed E-state index contributed by atoms with van der Waals surface area (Å²) < 4.78 is 1.96. The lowest BCUT2D eigenvalue weighted by Crippen LogP contribution is -2.51. The van der Waals surface area contributed by atoms with Gasteiger partial charge in [0.1, 0.15) is 5.52 Å². The quantitative estimate of drug-likeness (QED) is 0.849. The first kappa shape index (κ1) is 17.3. The molecule has 1 saturated carbocycles. The van der Waals surface area contributed by atoms with Crippen molar-refractivity contribution in [1.29, 1.82) is 0 Å². The molecule has 1 atom stereocenters. The molecule has 2 fully saturated rings. The molecule has 140 valence electrons. The van der Waals surface area contributed by atoms with Gasteiger partial charge in [0.15, 0.2) is 5.82 Å². The van der Waals surface area contributed by atoms with E-state index in [1.807, 2.05) is 49.6 Å². The molecule has 2 aromatic rings. The van der Waals surface area contributed by atoms with E-state index in [9.17, 15) is 4.79 Å². The Hall–Kier alpha value is -2.11. The smallest absolute Gasteiger partial charge is 0.227 e. The summed E-state index contributed by atoms with van der Waals surface area (Å²) in [7, 11) is 1.94. The normalized spacial score (nSPS) is 21.2. The molecule has 6 heteroatoms. The number of nitrogens with zero attached hydrogens (tertiary/aromatic N) is 5. The molecule has 1 aliphatic carbocycles. The van der Waals surface area contributed by atoms with Gasteiger partial charge >= 0.3 is 0 Å². The van der Waals surface area contributed by atoms with Gasteiger partial charge in [0, 0.05) is 49.9 Å². The highest BCUT2D eigenvalue weighted by Gasteiger charge is 2.33. The first-order valence-corrected chi connectivity index (χ1v) is 9.71. The molecule has 0 bridgehead atoms. The van der Waals surface area contributed by atoms with E-state index >= 15 is 0 Å². The predicted octanol–water partition coefficient (Wildman–Crippen LogP) is 3.08. The molecule has 3 heterocycles. The topological polar surface area (TPSA) is 53.7 Å². The van der Waals surface area contributed by atoms with Crippen LogP contribution < -0.4 is 4.90 Å². The van der Waals surface area contributed by atoms with Crippen molar-refractivity contribution in [3.8, 4) is 0 Å². The van der Waals surface area contributed by atoms with E-state index in [1.165, 1.54) is 18.5 Å². The van der Waals surface area contributed by atoms with E-state index in [1.54, 1.807) is 0 Å². The minimum absolute atomic E-state index is 0.205. The number of aromatic nitrogens is 3. The fourth-order valence-corrected chi connectivity index (χ4v) is 3.91. The number of fused-ring (bicyclic) bond motifs is 1. The number of piperidine rings is 1. The first-order valence-electron chi connectivity index (χ1n) is 9.71. The van der Waals surface area contributed by atoms with Crippen LogP contribution in [0.15, 0.2) is 18.5 Å². The lowest BCUT2D eigenvalue weighted by atomic mass is 9.93. The zero-order valence-corrected chi connectivity index (χ0v) is 16.3. The SMILES string of the molecule is CN(C(=O)C(C)(C)C)C1CCCN(c2nccn3nc(C4CC4)cc23)C1. The summed E-state index contributed by atoms with van der Waals surface area (Å²) in [4.78, 5) is 21.6. The molecule has 0 radical (unpaired) electrons. The van der Waals surface area contributed by atoms with Crippen LogP contribution in [-0.2, 0) is 4.79 Å². The second kappa shape index (κ2) is 6.25. The molecule has 2 aliphatic rings. The predicted molar refractivity (Wildman–Crippen MR) is 102 cm³/mol. The van der Waals surface area contributed by atoms with E-state index < -0.39 is 0 Å². The van der Waals surface area contributed by atoms with Crippen LogP contribution >= 0.6 is 0 Å². The van der Waals surface area contributed by atoms with Gasteiger partial charge < -0.3 is 9.80 Å². The van der Waals surface area contributed by atoms with Crippen LogP contribution in [0.1, 0.15) is 58.1 Å². The monoisotopic (exact) mass is 355 g/mol. The van der Waals surface area contributed by atoms with E-state index in [-0.39, 0.29) is 17.4 Å². The maximum absolute atomic E-state index is 12.7. The highest BCUT2D eigenvalue weighted by Crippen LogP contribution is 2.40. The summed E-state index contributed by atoms with van der Waals surface area (Å²) in [6.07, 6.45) is 8.38. The van der Waals surface area contributed by atoms with E-state index in [0.29, 0.717) is 5.92 Å². The van der Waals surface area contributed by atoms with Gasteiger partial charge in [-0.25, -0.2) is 9.50 Å². The zero-order chi connectivity index (χ0) is 18.5. The number of anilines is 1. The van der Waals surface area contributed by atoms with Crippen LogP contribution in [0.3, 0.4) is 0 Å². The Labute approximate surface area is 155 Å². The van der Waals surface area contributed by atoms with E-state index in [2.05, 4.69) is 16.0 Å². The van der Waals surface area contributed by atoms with Crippen LogP contribution in [0.25, 0.3) is 5.52 Å². The number of carbonyl (C=O) groups excluding carboxylic acids is 1. The van der Waals surface area contributed by atoms with Crippen LogP contribution in [0, 0.1) is 5.41 Å². The maximum atomic E-state index is 12.7. The fourth-order valence-electron chi connectivity index (χ4n) is 3.91. The average Bonchev–Trinajstić information content (AvgIpc) is 3.38. The van der Waals surface area contributed by atoms with Gasteiger partial charge in [-0.15, -0.1) is 0 Å². The van der Waals surface area contributed by atoms with Gasteiger partial charge in [-0.05, 0) is 31.7 Å². The number of hydrogen-bond donors (Lipinski definition) is 0. The molecule has 0 N–H and O–H groups in total. The van der Waals surface area contributed by atoms with Crippen LogP contribution in [0.2, 0.25) is 0 Å². The molecule has 0 aromatic carbocycles. The Morgan fingerprint density at radius 2 is 2.04 bits per heavy atom. The van der Waals surface area contributed by atoms with E-state index in [0.717, 1.165) is 37.3 Å².